The lowest BCUT2D eigenvalue weighted by molar-refractivity contribution is -0.132. The smallest absolute Gasteiger partial charge is 0.238 e. The summed E-state index contributed by atoms with van der Waals surface area (Å²) < 4.78 is 0. The number of hydrogen-bond donors (Lipinski definition) is 1. The van der Waals surface area contributed by atoms with Crippen molar-refractivity contribution in [3.63, 3.8) is 0 Å². The van der Waals surface area contributed by atoms with Crippen molar-refractivity contribution in [2.75, 3.05) is 6.54 Å². The Morgan fingerprint density at radius 2 is 2.22 bits per heavy atom. The molecular formula is C14H20N2OS. The molecule has 0 radical (unpaired) electrons. The first-order valence-corrected chi connectivity index (χ1v) is 7.78. The summed E-state index contributed by atoms with van der Waals surface area (Å²) in [4.78, 5) is 14.3. The van der Waals surface area contributed by atoms with Crippen LogP contribution < -0.4 is 5.32 Å². The molecule has 1 aliphatic heterocycles. The average molecular weight is 264 g/mol. The summed E-state index contributed by atoms with van der Waals surface area (Å²) in [6.07, 6.45) is 5.10. The molecule has 2 aliphatic rings. The Bertz CT molecular complexity index is 417. The van der Waals surface area contributed by atoms with Gasteiger partial charge in [-0.1, -0.05) is 19.8 Å². The van der Waals surface area contributed by atoms with Crippen molar-refractivity contribution in [3.05, 3.63) is 22.4 Å². The van der Waals surface area contributed by atoms with Gasteiger partial charge in [0.05, 0.1) is 6.54 Å². The molecule has 3 unspecified atom stereocenters. The van der Waals surface area contributed by atoms with E-state index in [-0.39, 0.29) is 12.1 Å². The summed E-state index contributed by atoms with van der Waals surface area (Å²) in [6, 6.07) is 2.55. The van der Waals surface area contributed by atoms with Crippen molar-refractivity contribution in [1.82, 2.24) is 10.2 Å². The van der Waals surface area contributed by atoms with Gasteiger partial charge in [0.25, 0.3) is 0 Å². The zero-order valence-corrected chi connectivity index (χ0v) is 11.6. The summed E-state index contributed by atoms with van der Waals surface area (Å²) in [5.74, 6) is 0.897. The summed E-state index contributed by atoms with van der Waals surface area (Å²) in [7, 11) is 0. The van der Waals surface area contributed by atoms with Crippen LogP contribution in [0.2, 0.25) is 0 Å². The lowest BCUT2D eigenvalue weighted by atomic mass is 9.84. The van der Waals surface area contributed by atoms with E-state index in [1.165, 1.54) is 24.8 Å². The van der Waals surface area contributed by atoms with Gasteiger partial charge in [-0.05, 0) is 41.1 Å². The first-order chi connectivity index (χ1) is 8.77. The molecule has 3 rings (SSSR count). The van der Waals surface area contributed by atoms with Gasteiger partial charge in [-0.2, -0.15) is 11.3 Å². The molecule has 0 aromatic carbocycles. The standard InChI is InChI=1S/C14H20N2OS/c1-10-4-2-3-5-12(10)16-13(17)8-15-14(16)11-6-7-18-9-11/h6-7,9-10,12,14-15H,2-5,8H2,1H3. The Hall–Kier alpha value is -0.870. The van der Waals surface area contributed by atoms with Crippen molar-refractivity contribution in [3.8, 4) is 0 Å². The van der Waals surface area contributed by atoms with E-state index in [0.29, 0.717) is 18.5 Å². The van der Waals surface area contributed by atoms with E-state index in [1.807, 2.05) is 0 Å². The molecule has 1 N–H and O–H groups in total. The van der Waals surface area contributed by atoms with Crippen molar-refractivity contribution in [2.45, 2.75) is 44.8 Å². The monoisotopic (exact) mass is 264 g/mol. The second kappa shape index (κ2) is 5.02. The van der Waals surface area contributed by atoms with Crippen molar-refractivity contribution in [2.24, 2.45) is 5.92 Å². The minimum Gasteiger partial charge on any atom is -0.319 e. The molecule has 2 heterocycles. The maximum atomic E-state index is 12.2. The Kier molecular flexibility index (Phi) is 3.39. The van der Waals surface area contributed by atoms with E-state index < -0.39 is 0 Å². The number of carbonyl (C=O) groups excluding carboxylic acids is 1. The van der Waals surface area contributed by atoms with Crippen LogP contribution in [0.5, 0.6) is 0 Å². The highest BCUT2D eigenvalue weighted by Crippen LogP contribution is 2.35. The van der Waals surface area contributed by atoms with Crippen molar-refractivity contribution < 1.29 is 4.79 Å². The Labute approximate surface area is 112 Å². The van der Waals surface area contributed by atoms with Gasteiger partial charge in [0.15, 0.2) is 0 Å². The van der Waals surface area contributed by atoms with Crippen LogP contribution >= 0.6 is 11.3 Å². The molecule has 3 nitrogen and oxygen atoms in total. The van der Waals surface area contributed by atoms with Gasteiger partial charge in [-0.3, -0.25) is 10.1 Å². The predicted molar refractivity (Wildman–Crippen MR) is 73.3 cm³/mol. The third-order valence-electron chi connectivity index (χ3n) is 4.30. The molecule has 1 aliphatic carbocycles. The number of nitrogens with zero attached hydrogens (tertiary/aromatic N) is 1. The second-order valence-corrected chi connectivity index (χ2v) is 6.25. The summed E-state index contributed by atoms with van der Waals surface area (Å²) in [5, 5.41) is 7.59. The quantitative estimate of drug-likeness (QED) is 0.891. The van der Waals surface area contributed by atoms with Crippen molar-refractivity contribution >= 4 is 17.2 Å². The topological polar surface area (TPSA) is 32.3 Å². The lowest BCUT2D eigenvalue weighted by Gasteiger charge is -2.39. The normalized spacial score (nSPS) is 33.1. The largest absolute Gasteiger partial charge is 0.319 e. The zero-order valence-electron chi connectivity index (χ0n) is 10.8. The van der Waals surface area contributed by atoms with Gasteiger partial charge in [-0.25, -0.2) is 0 Å². The van der Waals surface area contributed by atoms with E-state index in [1.54, 1.807) is 11.3 Å². The number of nitrogens with one attached hydrogen (secondary N) is 1. The number of carbonyl (C=O) groups is 1. The second-order valence-electron chi connectivity index (χ2n) is 5.47. The third kappa shape index (κ3) is 2.08. The number of amides is 1. The first-order valence-electron chi connectivity index (χ1n) is 6.84. The average Bonchev–Trinajstić information content (AvgIpc) is 2.99. The molecule has 2 fully saturated rings. The molecule has 1 aromatic heterocycles. The fourth-order valence-corrected chi connectivity index (χ4v) is 3.99. The zero-order chi connectivity index (χ0) is 12.5. The molecule has 4 heteroatoms. The highest BCUT2D eigenvalue weighted by molar-refractivity contribution is 7.07. The molecule has 18 heavy (non-hydrogen) atoms. The van der Waals surface area contributed by atoms with Crippen LogP contribution in [0.3, 0.4) is 0 Å². The first kappa shape index (κ1) is 12.2. The molecule has 1 saturated carbocycles. The van der Waals surface area contributed by atoms with Crippen LogP contribution in [0.25, 0.3) is 0 Å². The Morgan fingerprint density at radius 1 is 1.39 bits per heavy atom. The maximum absolute atomic E-state index is 12.2. The van der Waals surface area contributed by atoms with Crippen LogP contribution in [0, 0.1) is 5.92 Å². The van der Waals surface area contributed by atoms with Gasteiger partial charge < -0.3 is 4.90 Å². The van der Waals surface area contributed by atoms with E-state index >= 15 is 0 Å². The van der Waals surface area contributed by atoms with E-state index in [0.717, 1.165) is 6.42 Å². The predicted octanol–water partition coefficient (Wildman–Crippen LogP) is 2.76. The molecule has 0 bridgehead atoms. The fourth-order valence-electron chi connectivity index (χ4n) is 3.31. The van der Waals surface area contributed by atoms with Crippen LogP contribution in [0.1, 0.15) is 44.3 Å². The van der Waals surface area contributed by atoms with E-state index in [9.17, 15) is 4.79 Å². The van der Waals surface area contributed by atoms with Gasteiger partial charge in [0.1, 0.15) is 6.17 Å². The molecule has 1 amide bonds. The Morgan fingerprint density at radius 3 is 2.94 bits per heavy atom. The summed E-state index contributed by atoms with van der Waals surface area (Å²) in [5.41, 5.74) is 1.24. The number of thiophene rings is 1. The van der Waals surface area contributed by atoms with Gasteiger partial charge >= 0.3 is 0 Å². The minimum atomic E-state index is 0.106. The molecular weight excluding hydrogens is 244 g/mol. The SMILES string of the molecule is CC1CCCCC1N1C(=O)CNC1c1ccsc1. The lowest BCUT2D eigenvalue weighted by Crippen LogP contribution is -2.44. The maximum Gasteiger partial charge on any atom is 0.238 e. The number of hydrogen-bond acceptors (Lipinski definition) is 3. The third-order valence-corrected chi connectivity index (χ3v) is 5.00. The van der Waals surface area contributed by atoms with Gasteiger partial charge in [0.2, 0.25) is 5.91 Å². The van der Waals surface area contributed by atoms with Gasteiger partial charge in [-0.15, -0.1) is 0 Å². The minimum absolute atomic E-state index is 0.106. The molecule has 1 saturated heterocycles. The highest BCUT2D eigenvalue weighted by Gasteiger charge is 2.39. The van der Waals surface area contributed by atoms with Crippen molar-refractivity contribution in [1.29, 1.82) is 0 Å². The Balaban J connectivity index is 1.85. The van der Waals surface area contributed by atoms with Crippen LogP contribution in [-0.2, 0) is 4.79 Å². The highest BCUT2D eigenvalue weighted by atomic mass is 32.1. The molecule has 98 valence electrons. The van der Waals surface area contributed by atoms with Gasteiger partial charge in [0, 0.05) is 6.04 Å². The summed E-state index contributed by atoms with van der Waals surface area (Å²) in [6.45, 7) is 2.78. The molecule has 3 atom stereocenters. The van der Waals surface area contributed by atoms with Crippen LogP contribution in [0.15, 0.2) is 16.8 Å². The molecule has 1 aromatic rings. The fraction of sp³-hybridized carbons (Fsp3) is 0.643. The number of rotatable bonds is 2. The van der Waals surface area contributed by atoms with E-state index in [2.05, 4.69) is 34.0 Å². The van der Waals surface area contributed by atoms with Crippen LogP contribution in [-0.4, -0.2) is 23.4 Å². The molecule has 0 spiro atoms. The van der Waals surface area contributed by atoms with Crippen LogP contribution in [0.4, 0.5) is 0 Å². The van der Waals surface area contributed by atoms with E-state index in [4.69, 9.17) is 0 Å². The summed E-state index contributed by atoms with van der Waals surface area (Å²) >= 11 is 1.70.